The second kappa shape index (κ2) is 6.23. The summed E-state index contributed by atoms with van der Waals surface area (Å²) in [5, 5.41) is 14.4. The van der Waals surface area contributed by atoms with E-state index in [-0.39, 0.29) is 29.2 Å². The van der Waals surface area contributed by atoms with Crippen molar-refractivity contribution in [3.63, 3.8) is 0 Å². The number of anilines is 1. The number of carbonyl (C=O) groups excluding carboxylic acids is 1. The first-order chi connectivity index (χ1) is 11.3. The molecule has 2 heterocycles. The van der Waals surface area contributed by atoms with Gasteiger partial charge >= 0.3 is 6.29 Å². The number of carbonyl (C=O) groups is 1. The predicted octanol–water partition coefficient (Wildman–Crippen LogP) is 2.31. The number of aromatic nitrogens is 4. The molecule has 0 radical (unpaired) electrons. The van der Waals surface area contributed by atoms with Crippen LogP contribution in [0.4, 0.5) is 14.5 Å². The number of benzene rings is 1. The van der Waals surface area contributed by atoms with Crippen LogP contribution in [0, 0.1) is 0 Å². The zero-order valence-electron chi connectivity index (χ0n) is 12.7. The first kappa shape index (κ1) is 16.4. The predicted molar refractivity (Wildman–Crippen MR) is 80.2 cm³/mol. The van der Waals surface area contributed by atoms with Crippen LogP contribution < -0.4 is 14.8 Å². The summed E-state index contributed by atoms with van der Waals surface area (Å²) in [5.74, 6) is -0.473. The summed E-state index contributed by atoms with van der Waals surface area (Å²) in [6.07, 6.45) is -3.69. The average molecular weight is 357 g/mol. The number of amides is 1. The van der Waals surface area contributed by atoms with Crippen LogP contribution >= 0.6 is 11.8 Å². The quantitative estimate of drug-likeness (QED) is 0.821. The molecule has 0 atom stereocenters. The molecule has 1 aromatic carbocycles. The molecule has 11 heteroatoms. The number of ether oxygens (including phenoxy) is 2. The first-order valence-corrected chi connectivity index (χ1v) is 7.93. The van der Waals surface area contributed by atoms with E-state index in [0.29, 0.717) is 10.8 Å². The number of alkyl halides is 2. The van der Waals surface area contributed by atoms with Crippen LogP contribution in [-0.2, 0) is 4.79 Å². The van der Waals surface area contributed by atoms with Crippen LogP contribution in [0.2, 0.25) is 0 Å². The van der Waals surface area contributed by atoms with E-state index < -0.39 is 6.29 Å². The molecule has 0 spiro atoms. The van der Waals surface area contributed by atoms with Gasteiger partial charge in [0.1, 0.15) is 0 Å². The third kappa shape index (κ3) is 3.55. The Labute approximate surface area is 139 Å². The summed E-state index contributed by atoms with van der Waals surface area (Å²) in [7, 11) is 0. The molecule has 1 amide bonds. The Balaban J connectivity index is 1.59. The van der Waals surface area contributed by atoms with Crippen LogP contribution in [0.1, 0.15) is 19.9 Å². The molecule has 1 aliphatic heterocycles. The lowest BCUT2D eigenvalue weighted by atomic mass is 10.3. The van der Waals surface area contributed by atoms with Gasteiger partial charge in [-0.2, -0.15) is 0 Å². The highest BCUT2D eigenvalue weighted by molar-refractivity contribution is 7.99. The van der Waals surface area contributed by atoms with E-state index in [1.807, 2.05) is 13.8 Å². The van der Waals surface area contributed by atoms with E-state index in [1.54, 1.807) is 4.68 Å². The number of nitrogens with one attached hydrogen (secondary N) is 1. The molecule has 0 saturated carbocycles. The zero-order valence-corrected chi connectivity index (χ0v) is 13.5. The van der Waals surface area contributed by atoms with Crippen LogP contribution in [0.5, 0.6) is 11.5 Å². The maximum Gasteiger partial charge on any atom is 0.586 e. The minimum Gasteiger partial charge on any atom is -0.395 e. The van der Waals surface area contributed by atoms with E-state index in [2.05, 4.69) is 30.3 Å². The van der Waals surface area contributed by atoms with Crippen LogP contribution in [0.3, 0.4) is 0 Å². The van der Waals surface area contributed by atoms with Gasteiger partial charge in [-0.1, -0.05) is 11.8 Å². The van der Waals surface area contributed by atoms with Crippen molar-refractivity contribution in [3.05, 3.63) is 18.2 Å². The molecule has 8 nitrogen and oxygen atoms in total. The summed E-state index contributed by atoms with van der Waals surface area (Å²) in [6.45, 7) is 3.84. The monoisotopic (exact) mass is 357 g/mol. The molecule has 0 saturated heterocycles. The van der Waals surface area contributed by atoms with E-state index in [4.69, 9.17) is 0 Å². The van der Waals surface area contributed by atoms with Crippen molar-refractivity contribution in [3.8, 4) is 11.5 Å². The molecular weight excluding hydrogens is 344 g/mol. The minimum atomic E-state index is -3.69. The van der Waals surface area contributed by atoms with E-state index >= 15 is 0 Å². The second-order valence-corrected chi connectivity index (χ2v) is 6.11. The van der Waals surface area contributed by atoms with Gasteiger partial charge in [0.25, 0.3) is 0 Å². The number of nitrogens with zero attached hydrogens (tertiary/aromatic N) is 4. The minimum absolute atomic E-state index is 0.0672. The van der Waals surface area contributed by atoms with Gasteiger partial charge in [0.15, 0.2) is 11.5 Å². The van der Waals surface area contributed by atoms with Crippen LogP contribution in [0.15, 0.2) is 23.4 Å². The number of thioether (sulfide) groups is 1. The largest absolute Gasteiger partial charge is 0.586 e. The second-order valence-electron chi connectivity index (χ2n) is 5.17. The van der Waals surface area contributed by atoms with Crippen molar-refractivity contribution in [2.24, 2.45) is 0 Å². The Morgan fingerprint density at radius 2 is 2.12 bits per heavy atom. The highest BCUT2D eigenvalue weighted by Crippen LogP contribution is 2.42. The molecule has 1 N–H and O–H groups in total. The van der Waals surface area contributed by atoms with Crippen LogP contribution in [-0.4, -0.2) is 38.2 Å². The molecule has 0 unspecified atom stereocenters. The Morgan fingerprint density at radius 1 is 1.38 bits per heavy atom. The first-order valence-electron chi connectivity index (χ1n) is 6.94. The number of hydrogen-bond donors (Lipinski definition) is 1. The topological polar surface area (TPSA) is 91.2 Å². The third-order valence-electron chi connectivity index (χ3n) is 2.97. The van der Waals surface area contributed by atoms with Crippen molar-refractivity contribution < 1.29 is 23.0 Å². The maximum absolute atomic E-state index is 13.0. The van der Waals surface area contributed by atoms with Gasteiger partial charge in [-0.05, 0) is 36.4 Å². The van der Waals surface area contributed by atoms with E-state index in [9.17, 15) is 13.6 Å². The molecule has 0 bridgehead atoms. The summed E-state index contributed by atoms with van der Waals surface area (Å²) in [5.41, 5.74) is 0.323. The highest BCUT2D eigenvalue weighted by atomic mass is 32.2. The number of fused-ring (bicyclic) bond motifs is 1. The zero-order chi connectivity index (χ0) is 17.3. The standard InChI is InChI=1S/C13H13F2N5O3S/c1-7(2)20-12(17-18-19-20)24-6-11(21)16-8-3-4-9-10(5-8)23-13(14,15)22-9/h3-5,7H,6H2,1-2H3,(H,16,21). The fourth-order valence-corrected chi connectivity index (χ4v) is 2.76. The van der Waals surface area contributed by atoms with Crippen molar-refractivity contribution in [2.75, 3.05) is 11.1 Å². The molecular formula is C13H13F2N5O3S. The van der Waals surface area contributed by atoms with Crippen molar-refractivity contribution in [1.29, 1.82) is 0 Å². The molecule has 2 aromatic rings. The van der Waals surface area contributed by atoms with Crippen molar-refractivity contribution in [2.45, 2.75) is 31.3 Å². The van der Waals surface area contributed by atoms with Gasteiger partial charge in [-0.15, -0.1) is 13.9 Å². The lowest BCUT2D eigenvalue weighted by Gasteiger charge is -2.08. The van der Waals surface area contributed by atoms with Gasteiger partial charge in [0, 0.05) is 11.8 Å². The van der Waals surface area contributed by atoms with E-state index in [0.717, 1.165) is 0 Å². The summed E-state index contributed by atoms with van der Waals surface area (Å²) in [6, 6.07) is 4.10. The maximum atomic E-state index is 13.0. The normalized spacial score (nSPS) is 14.9. The smallest absolute Gasteiger partial charge is 0.395 e. The fraction of sp³-hybridized carbons (Fsp3) is 0.385. The fourth-order valence-electron chi connectivity index (χ4n) is 1.96. The Bertz CT molecular complexity index is 768. The lowest BCUT2D eigenvalue weighted by molar-refractivity contribution is -0.286. The van der Waals surface area contributed by atoms with Gasteiger partial charge in [-0.3, -0.25) is 4.79 Å². The summed E-state index contributed by atoms with van der Waals surface area (Å²) < 4.78 is 36.1. The molecule has 0 fully saturated rings. The Kier molecular flexibility index (Phi) is 4.26. The van der Waals surface area contributed by atoms with Gasteiger partial charge < -0.3 is 14.8 Å². The number of rotatable bonds is 5. The number of halogens is 2. The third-order valence-corrected chi connectivity index (χ3v) is 3.90. The molecule has 1 aromatic heterocycles. The Hall–Kier alpha value is -2.43. The highest BCUT2D eigenvalue weighted by Gasteiger charge is 2.43. The van der Waals surface area contributed by atoms with Crippen LogP contribution in [0.25, 0.3) is 0 Å². The SMILES string of the molecule is CC(C)n1nnnc1SCC(=O)Nc1ccc2c(c1)OC(F)(F)O2. The molecule has 24 heavy (non-hydrogen) atoms. The van der Waals surface area contributed by atoms with Gasteiger partial charge in [0.05, 0.1) is 11.8 Å². The number of tetrazole rings is 1. The molecule has 1 aliphatic rings. The summed E-state index contributed by atoms with van der Waals surface area (Å²) in [4.78, 5) is 12.0. The van der Waals surface area contributed by atoms with E-state index in [1.165, 1.54) is 30.0 Å². The van der Waals surface area contributed by atoms with Crippen molar-refractivity contribution in [1.82, 2.24) is 20.2 Å². The molecule has 3 rings (SSSR count). The Morgan fingerprint density at radius 3 is 2.88 bits per heavy atom. The van der Waals surface area contributed by atoms with Gasteiger partial charge in [-0.25, -0.2) is 4.68 Å². The molecule has 0 aliphatic carbocycles. The summed E-state index contributed by atoms with van der Waals surface area (Å²) >= 11 is 1.17. The van der Waals surface area contributed by atoms with Crippen molar-refractivity contribution >= 4 is 23.4 Å². The average Bonchev–Trinajstić information content (AvgIpc) is 3.07. The lowest BCUT2D eigenvalue weighted by Crippen LogP contribution is -2.25. The number of hydrogen-bond acceptors (Lipinski definition) is 7. The molecule has 128 valence electrons. The van der Waals surface area contributed by atoms with Gasteiger partial charge in [0.2, 0.25) is 11.1 Å².